The van der Waals surface area contributed by atoms with Crippen molar-refractivity contribution < 1.29 is 4.79 Å². The number of aromatic nitrogens is 1. The Morgan fingerprint density at radius 1 is 1.23 bits per heavy atom. The molecule has 1 aromatic carbocycles. The molecule has 0 saturated carbocycles. The van der Waals surface area contributed by atoms with E-state index < -0.39 is 6.04 Å². The van der Waals surface area contributed by atoms with Crippen molar-refractivity contribution in [2.75, 3.05) is 11.9 Å². The van der Waals surface area contributed by atoms with Crippen LogP contribution in [0.15, 0.2) is 46.4 Å². The zero-order valence-corrected chi connectivity index (χ0v) is 13.7. The van der Waals surface area contributed by atoms with Crippen LogP contribution in [-0.2, 0) is 4.79 Å². The molecule has 4 nitrogen and oxygen atoms in total. The van der Waals surface area contributed by atoms with Crippen LogP contribution in [0.3, 0.4) is 0 Å². The molecule has 2 aromatic rings. The van der Waals surface area contributed by atoms with Gasteiger partial charge in [0.15, 0.2) is 5.17 Å². The molecule has 0 spiro atoms. The molecule has 0 amide bonds. The van der Waals surface area contributed by atoms with Gasteiger partial charge in [-0.15, -0.1) is 0 Å². The van der Waals surface area contributed by atoms with Crippen molar-refractivity contribution in [3.63, 3.8) is 0 Å². The topological polar surface area (TPSA) is 45.6 Å². The summed E-state index contributed by atoms with van der Waals surface area (Å²) in [6.07, 6.45) is 0.852. The van der Waals surface area contributed by atoms with E-state index in [0.29, 0.717) is 5.02 Å². The monoisotopic (exact) mass is 331 g/mol. The number of pyridine rings is 1. The van der Waals surface area contributed by atoms with E-state index in [-0.39, 0.29) is 0 Å². The first-order valence-corrected chi connectivity index (χ1v) is 7.95. The number of nitrogens with zero attached hydrogens (tertiary/aromatic N) is 3. The maximum atomic E-state index is 11.4. The maximum absolute atomic E-state index is 11.4. The lowest BCUT2D eigenvalue weighted by molar-refractivity contribution is -0.109. The summed E-state index contributed by atoms with van der Waals surface area (Å²) in [6, 6.07) is 10.8. The summed E-state index contributed by atoms with van der Waals surface area (Å²) in [7, 11) is 1.91. The fraction of sp³-hybridized carbons (Fsp3) is 0.188. The first-order chi connectivity index (χ1) is 10.6. The van der Waals surface area contributed by atoms with E-state index in [1.165, 1.54) is 11.8 Å². The highest BCUT2D eigenvalue weighted by atomic mass is 35.5. The lowest BCUT2D eigenvalue weighted by atomic mass is 10.1. The number of benzene rings is 1. The molecule has 1 aliphatic rings. The van der Waals surface area contributed by atoms with Crippen LogP contribution in [0.4, 0.5) is 5.69 Å². The second kappa shape index (κ2) is 6.10. The van der Waals surface area contributed by atoms with Gasteiger partial charge in [0.1, 0.15) is 17.4 Å². The predicted octanol–water partition coefficient (Wildman–Crippen LogP) is 3.88. The Hall–Kier alpha value is -1.85. The molecule has 1 atom stereocenters. The van der Waals surface area contributed by atoms with E-state index in [1.807, 2.05) is 55.3 Å². The van der Waals surface area contributed by atoms with Gasteiger partial charge in [-0.2, -0.15) is 0 Å². The van der Waals surface area contributed by atoms with Gasteiger partial charge in [-0.25, -0.2) is 9.98 Å². The fourth-order valence-electron chi connectivity index (χ4n) is 2.19. The molecule has 0 fully saturated rings. The largest absolute Gasteiger partial charge is 0.324 e. The Morgan fingerprint density at radius 3 is 2.64 bits per heavy atom. The number of fused-ring (bicyclic) bond motifs is 1. The van der Waals surface area contributed by atoms with Crippen LogP contribution in [0.1, 0.15) is 17.3 Å². The molecule has 2 heterocycles. The van der Waals surface area contributed by atoms with Crippen LogP contribution in [0, 0.1) is 6.92 Å². The molecule has 112 valence electrons. The van der Waals surface area contributed by atoms with Gasteiger partial charge in [-0.1, -0.05) is 17.7 Å². The van der Waals surface area contributed by atoms with Crippen LogP contribution in [0.25, 0.3) is 0 Å². The summed E-state index contributed by atoms with van der Waals surface area (Å²) in [6.45, 7) is 1.94. The summed E-state index contributed by atoms with van der Waals surface area (Å²) in [5, 5.41) is 2.26. The quantitative estimate of drug-likeness (QED) is 0.783. The molecule has 6 heteroatoms. The van der Waals surface area contributed by atoms with Gasteiger partial charge in [-0.05, 0) is 49.0 Å². The Kier molecular flexibility index (Phi) is 4.18. The molecule has 1 aromatic heterocycles. The Balaban J connectivity index is 1.96. The molecule has 0 bridgehead atoms. The number of aldehydes is 1. The number of hydrogen-bond acceptors (Lipinski definition) is 5. The van der Waals surface area contributed by atoms with Crippen LogP contribution in [0.2, 0.25) is 5.02 Å². The number of halogens is 1. The van der Waals surface area contributed by atoms with Crippen molar-refractivity contribution in [2.24, 2.45) is 4.99 Å². The third kappa shape index (κ3) is 2.87. The Bertz CT molecular complexity index is 746. The van der Waals surface area contributed by atoms with Gasteiger partial charge in [0.25, 0.3) is 0 Å². The third-order valence-electron chi connectivity index (χ3n) is 3.41. The average molecular weight is 332 g/mol. The predicted molar refractivity (Wildman–Crippen MR) is 90.9 cm³/mol. The number of aryl methyl sites for hydroxylation is 1. The SMILES string of the molecule is Cc1ccc2c(n1)SC(N(C)c1ccc(Cl)cc1)=NC2C=O. The molecular weight excluding hydrogens is 318 g/mol. The van der Waals surface area contributed by atoms with Crippen molar-refractivity contribution >= 4 is 40.5 Å². The van der Waals surface area contributed by atoms with Gasteiger partial charge in [0.2, 0.25) is 0 Å². The van der Waals surface area contributed by atoms with E-state index in [0.717, 1.165) is 33.4 Å². The number of thioether (sulfide) groups is 1. The van der Waals surface area contributed by atoms with Crippen molar-refractivity contribution in [3.05, 3.63) is 52.7 Å². The van der Waals surface area contributed by atoms with Crippen LogP contribution in [0.5, 0.6) is 0 Å². The van der Waals surface area contributed by atoms with Crippen molar-refractivity contribution in [1.82, 2.24) is 4.98 Å². The molecule has 0 saturated heterocycles. The van der Waals surface area contributed by atoms with Crippen molar-refractivity contribution in [3.8, 4) is 0 Å². The highest BCUT2D eigenvalue weighted by molar-refractivity contribution is 8.14. The van der Waals surface area contributed by atoms with Crippen molar-refractivity contribution in [2.45, 2.75) is 18.0 Å². The summed E-state index contributed by atoms with van der Waals surface area (Å²) >= 11 is 7.39. The summed E-state index contributed by atoms with van der Waals surface area (Å²) in [5.41, 5.74) is 2.74. The Labute approximate surface area is 138 Å². The number of carbonyl (C=O) groups excluding carboxylic acids is 1. The minimum absolute atomic E-state index is 0.505. The smallest absolute Gasteiger partial charge is 0.170 e. The second-order valence-electron chi connectivity index (χ2n) is 4.98. The highest BCUT2D eigenvalue weighted by Crippen LogP contribution is 2.36. The van der Waals surface area contributed by atoms with Gasteiger partial charge in [-0.3, -0.25) is 0 Å². The van der Waals surface area contributed by atoms with Gasteiger partial charge < -0.3 is 9.69 Å². The van der Waals surface area contributed by atoms with E-state index in [2.05, 4.69) is 9.98 Å². The van der Waals surface area contributed by atoms with E-state index >= 15 is 0 Å². The molecule has 1 aliphatic heterocycles. The number of carbonyl (C=O) groups is 1. The fourth-order valence-corrected chi connectivity index (χ4v) is 3.39. The van der Waals surface area contributed by atoms with Gasteiger partial charge in [0.05, 0.1) is 0 Å². The number of aliphatic imine (C=N–C) groups is 1. The zero-order chi connectivity index (χ0) is 15.7. The first kappa shape index (κ1) is 15.1. The van der Waals surface area contributed by atoms with Crippen LogP contribution < -0.4 is 4.90 Å². The standard InChI is InChI=1S/C16H14ClN3OS/c1-10-3-8-13-14(9-21)19-16(22-15(13)18-10)20(2)12-6-4-11(17)5-7-12/h3-9,14H,1-2H3. The number of anilines is 1. The molecule has 0 N–H and O–H groups in total. The first-order valence-electron chi connectivity index (χ1n) is 6.76. The maximum Gasteiger partial charge on any atom is 0.170 e. The van der Waals surface area contributed by atoms with Crippen LogP contribution >= 0.6 is 23.4 Å². The molecule has 3 rings (SSSR count). The summed E-state index contributed by atoms with van der Waals surface area (Å²) < 4.78 is 0. The molecule has 0 radical (unpaired) electrons. The number of amidine groups is 1. The molecular formula is C16H14ClN3OS. The minimum atomic E-state index is -0.505. The zero-order valence-electron chi connectivity index (χ0n) is 12.2. The lowest BCUT2D eigenvalue weighted by Gasteiger charge is -2.26. The summed E-state index contributed by atoms with van der Waals surface area (Å²) in [4.78, 5) is 22.4. The Morgan fingerprint density at radius 2 is 1.95 bits per heavy atom. The van der Waals surface area contributed by atoms with Gasteiger partial charge >= 0.3 is 0 Å². The van der Waals surface area contributed by atoms with E-state index in [9.17, 15) is 4.79 Å². The number of rotatable bonds is 2. The van der Waals surface area contributed by atoms with Gasteiger partial charge in [0, 0.05) is 29.0 Å². The molecule has 1 unspecified atom stereocenters. The lowest BCUT2D eigenvalue weighted by Crippen LogP contribution is -2.27. The van der Waals surface area contributed by atoms with Crippen LogP contribution in [-0.4, -0.2) is 23.5 Å². The second-order valence-corrected chi connectivity index (χ2v) is 6.37. The number of hydrogen-bond donors (Lipinski definition) is 0. The molecule has 0 aliphatic carbocycles. The van der Waals surface area contributed by atoms with E-state index in [4.69, 9.17) is 11.6 Å². The molecule has 22 heavy (non-hydrogen) atoms. The summed E-state index contributed by atoms with van der Waals surface area (Å²) in [5.74, 6) is 0. The third-order valence-corrected chi connectivity index (χ3v) is 4.75. The van der Waals surface area contributed by atoms with Crippen molar-refractivity contribution in [1.29, 1.82) is 0 Å². The highest BCUT2D eigenvalue weighted by Gasteiger charge is 2.25. The minimum Gasteiger partial charge on any atom is -0.324 e. The normalized spacial score (nSPS) is 16.7. The average Bonchev–Trinajstić information content (AvgIpc) is 2.53. The van der Waals surface area contributed by atoms with E-state index in [1.54, 1.807) is 0 Å².